The van der Waals surface area contributed by atoms with Gasteiger partial charge < -0.3 is 15.0 Å². The molecule has 2 heterocycles. The molecule has 1 N–H and O–H groups in total. The average Bonchev–Trinajstić information content (AvgIpc) is 3.10. The van der Waals surface area contributed by atoms with E-state index in [1.807, 2.05) is 12.1 Å². The normalized spacial score (nSPS) is 19.4. The fourth-order valence-corrected chi connectivity index (χ4v) is 3.05. The molecule has 2 aliphatic heterocycles. The highest BCUT2D eigenvalue weighted by atomic mass is 16.5. The zero-order valence-corrected chi connectivity index (χ0v) is 13.1. The molecule has 0 aromatic heterocycles. The molecule has 22 heavy (non-hydrogen) atoms. The Bertz CT molecular complexity index is 477. The van der Waals surface area contributed by atoms with E-state index < -0.39 is 0 Å². The topological polar surface area (TPSA) is 44.8 Å². The molecule has 1 aromatic carbocycles. The molecule has 2 fully saturated rings. The molecule has 5 nitrogen and oxygen atoms in total. The Kier molecular flexibility index (Phi) is 5.29. The number of ether oxygens (including phenoxy) is 1. The van der Waals surface area contributed by atoms with Crippen molar-refractivity contribution in [3.8, 4) is 0 Å². The Morgan fingerprint density at radius 1 is 1.05 bits per heavy atom. The van der Waals surface area contributed by atoms with Gasteiger partial charge in [-0.1, -0.05) is 0 Å². The molecule has 3 rings (SSSR count). The van der Waals surface area contributed by atoms with E-state index in [0.717, 1.165) is 51.5 Å². The summed E-state index contributed by atoms with van der Waals surface area (Å²) in [5.41, 5.74) is 1.97. The third kappa shape index (κ3) is 3.99. The van der Waals surface area contributed by atoms with E-state index in [0.29, 0.717) is 6.54 Å². The molecule has 0 atom stereocenters. The minimum atomic E-state index is 0.0150. The number of nitrogens with zero attached hydrogens (tertiary/aromatic N) is 2. The average molecular weight is 303 g/mol. The largest absolute Gasteiger partial charge is 0.379 e. The molecule has 2 saturated heterocycles. The lowest BCUT2D eigenvalue weighted by atomic mass is 10.2. The first-order chi connectivity index (χ1) is 10.8. The number of amides is 1. The van der Waals surface area contributed by atoms with Crippen molar-refractivity contribution in [3.05, 3.63) is 29.8 Å². The van der Waals surface area contributed by atoms with Gasteiger partial charge in [0, 0.05) is 50.5 Å². The molecule has 0 bridgehead atoms. The number of carbonyl (C=O) groups excluding carboxylic acids is 1. The van der Waals surface area contributed by atoms with E-state index in [4.69, 9.17) is 4.74 Å². The smallest absolute Gasteiger partial charge is 0.251 e. The van der Waals surface area contributed by atoms with Crippen molar-refractivity contribution < 1.29 is 9.53 Å². The Hall–Kier alpha value is -1.59. The van der Waals surface area contributed by atoms with Gasteiger partial charge in [0.05, 0.1) is 13.2 Å². The number of benzene rings is 1. The first-order valence-electron chi connectivity index (χ1n) is 8.26. The fraction of sp³-hybridized carbons (Fsp3) is 0.588. The summed E-state index contributed by atoms with van der Waals surface area (Å²) in [6, 6.07) is 7.97. The number of rotatable bonds is 5. The molecule has 2 aliphatic rings. The lowest BCUT2D eigenvalue weighted by molar-refractivity contribution is 0.0383. The van der Waals surface area contributed by atoms with Gasteiger partial charge in [-0.15, -0.1) is 0 Å². The highest BCUT2D eigenvalue weighted by Gasteiger charge is 2.13. The van der Waals surface area contributed by atoms with Crippen LogP contribution in [0.1, 0.15) is 23.2 Å². The number of hydrogen-bond acceptors (Lipinski definition) is 4. The molecule has 0 radical (unpaired) electrons. The maximum Gasteiger partial charge on any atom is 0.251 e. The summed E-state index contributed by atoms with van der Waals surface area (Å²) < 4.78 is 5.32. The van der Waals surface area contributed by atoms with E-state index >= 15 is 0 Å². The lowest BCUT2D eigenvalue weighted by Gasteiger charge is -2.26. The number of nitrogens with one attached hydrogen (secondary N) is 1. The van der Waals surface area contributed by atoms with Crippen molar-refractivity contribution in [3.63, 3.8) is 0 Å². The highest BCUT2D eigenvalue weighted by molar-refractivity contribution is 5.94. The predicted octanol–water partition coefficient (Wildman–Crippen LogP) is 1.35. The molecule has 0 aliphatic carbocycles. The van der Waals surface area contributed by atoms with Gasteiger partial charge in [-0.05, 0) is 37.1 Å². The van der Waals surface area contributed by atoms with Gasteiger partial charge in [0.25, 0.3) is 5.91 Å². The van der Waals surface area contributed by atoms with Gasteiger partial charge in [0.2, 0.25) is 0 Å². The van der Waals surface area contributed by atoms with Crippen LogP contribution >= 0.6 is 0 Å². The van der Waals surface area contributed by atoms with Crippen molar-refractivity contribution in [2.24, 2.45) is 0 Å². The van der Waals surface area contributed by atoms with E-state index in [9.17, 15) is 4.79 Å². The van der Waals surface area contributed by atoms with Crippen LogP contribution in [-0.4, -0.2) is 63.3 Å². The minimum Gasteiger partial charge on any atom is -0.379 e. The van der Waals surface area contributed by atoms with Crippen LogP contribution in [0.15, 0.2) is 24.3 Å². The Labute approximate surface area is 132 Å². The zero-order chi connectivity index (χ0) is 15.2. The van der Waals surface area contributed by atoms with E-state index in [2.05, 4.69) is 27.2 Å². The van der Waals surface area contributed by atoms with Crippen molar-refractivity contribution in [2.75, 3.05) is 57.4 Å². The van der Waals surface area contributed by atoms with Gasteiger partial charge >= 0.3 is 0 Å². The molecule has 1 aromatic rings. The van der Waals surface area contributed by atoms with Crippen LogP contribution in [0.5, 0.6) is 0 Å². The van der Waals surface area contributed by atoms with Gasteiger partial charge in [-0.2, -0.15) is 0 Å². The quantitative estimate of drug-likeness (QED) is 0.892. The van der Waals surface area contributed by atoms with E-state index in [1.165, 1.54) is 18.5 Å². The maximum atomic E-state index is 12.2. The van der Waals surface area contributed by atoms with E-state index in [1.54, 1.807) is 0 Å². The van der Waals surface area contributed by atoms with Gasteiger partial charge in [-0.25, -0.2) is 0 Å². The molecule has 0 saturated carbocycles. The number of morpholine rings is 1. The summed E-state index contributed by atoms with van der Waals surface area (Å²) in [6.45, 7) is 7.35. The molecule has 1 amide bonds. The van der Waals surface area contributed by atoms with Crippen molar-refractivity contribution in [2.45, 2.75) is 12.8 Å². The maximum absolute atomic E-state index is 12.2. The first-order valence-corrected chi connectivity index (χ1v) is 8.26. The summed E-state index contributed by atoms with van der Waals surface area (Å²) in [5.74, 6) is 0.0150. The summed E-state index contributed by atoms with van der Waals surface area (Å²) >= 11 is 0. The lowest BCUT2D eigenvalue weighted by Crippen LogP contribution is -2.41. The second-order valence-electron chi connectivity index (χ2n) is 5.95. The van der Waals surface area contributed by atoms with Crippen LogP contribution in [0.2, 0.25) is 0 Å². The van der Waals surface area contributed by atoms with Crippen LogP contribution in [-0.2, 0) is 4.74 Å². The second kappa shape index (κ2) is 7.61. The van der Waals surface area contributed by atoms with Crippen molar-refractivity contribution in [1.82, 2.24) is 10.2 Å². The molecular formula is C17H25N3O2. The summed E-state index contributed by atoms with van der Waals surface area (Å²) in [4.78, 5) is 16.8. The second-order valence-corrected chi connectivity index (χ2v) is 5.95. The molecule has 0 spiro atoms. The highest BCUT2D eigenvalue weighted by Crippen LogP contribution is 2.20. The zero-order valence-electron chi connectivity index (χ0n) is 13.1. The molecule has 120 valence electrons. The fourth-order valence-electron chi connectivity index (χ4n) is 3.05. The van der Waals surface area contributed by atoms with Crippen LogP contribution < -0.4 is 10.2 Å². The van der Waals surface area contributed by atoms with Crippen LogP contribution in [0.25, 0.3) is 0 Å². The molecular weight excluding hydrogens is 278 g/mol. The Morgan fingerprint density at radius 2 is 1.73 bits per heavy atom. The van der Waals surface area contributed by atoms with Gasteiger partial charge in [-0.3, -0.25) is 9.69 Å². The van der Waals surface area contributed by atoms with Crippen LogP contribution in [0.3, 0.4) is 0 Å². The molecule has 0 unspecified atom stereocenters. The minimum absolute atomic E-state index is 0.0150. The van der Waals surface area contributed by atoms with Gasteiger partial charge in [0.15, 0.2) is 0 Å². The first kappa shape index (κ1) is 15.3. The third-order valence-electron chi connectivity index (χ3n) is 4.42. The Balaban J connectivity index is 1.45. The van der Waals surface area contributed by atoms with Crippen LogP contribution in [0, 0.1) is 0 Å². The number of carbonyl (C=O) groups is 1. The third-order valence-corrected chi connectivity index (χ3v) is 4.42. The summed E-state index contributed by atoms with van der Waals surface area (Å²) in [7, 11) is 0. The standard InChI is InChI=1S/C17H25N3O2/c21-17(18-7-10-19-11-13-22-14-12-19)15-3-5-16(6-4-15)20-8-1-2-9-20/h3-6H,1-2,7-14H2,(H,18,21). The van der Waals surface area contributed by atoms with Crippen molar-refractivity contribution >= 4 is 11.6 Å². The Morgan fingerprint density at radius 3 is 2.41 bits per heavy atom. The molecule has 5 heteroatoms. The van der Waals surface area contributed by atoms with Crippen LogP contribution in [0.4, 0.5) is 5.69 Å². The van der Waals surface area contributed by atoms with E-state index in [-0.39, 0.29) is 5.91 Å². The number of hydrogen-bond donors (Lipinski definition) is 1. The predicted molar refractivity (Wildman–Crippen MR) is 87.5 cm³/mol. The number of anilines is 1. The van der Waals surface area contributed by atoms with Gasteiger partial charge in [0.1, 0.15) is 0 Å². The SMILES string of the molecule is O=C(NCCN1CCOCC1)c1ccc(N2CCCC2)cc1. The summed E-state index contributed by atoms with van der Waals surface area (Å²) in [6.07, 6.45) is 2.54. The van der Waals surface area contributed by atoms with Crippen molar-refractivity contribution in [1.29, 1.82) is 0 Å². The summed E-state index contributed by atoms with van der Waals surface area (Å²) in [5, 5.41) is 3.00. The monoisotopic (exact) mass is 303 g/mol.